The van der Waals surface area contributed by atoms with Gasteiger partial charge >= 0.3 is 0 Å². The molecule has 4 rings (SSSR count). The molecule has 2 heterocycles. The van der Waals surface area contributed by atoms with Crippen molar-refractivity contribution in [2.45, 2.75) is 6.92 Å². The summed E-state index contributed by atoms with van der Waals surface area (Å²) >= 11 is 6.21. The second-order valence-electron chi connectivity index (χ2n) is 5.01. The Kier molecular flexibility index (Phi) is 4.19. The SMILES string of the molecule is Br.Cc1nnc2n1-c1ccc(Cl)cc1C(c1ccccc1)=NN2. The summed E-state index contributed by atoms with van der Waals surface area (Å²) in [5.41, 5.74) is 6.72. The second kappa shape index (κ2) is 6.14. The molecule has 1 aliphatic rings. The number of hydrogen-bond acceptors (Lipinski definition) is 4. The van der Waals surface area contributed by atoms with Crippen molar-refractivity contribution < 1.29 is 0 Å². The van der Waals surface area contributed by atoms with Crippen LogP contribution < -0.4 is 5.43 Å². The third-order valence-corrected chi connectivity index (χ3v) is 3.83. The highest BCUT2D eigenvalue weighted by molar-refractivity contribution is 8.93. The molecule has 1 aromatic heterocycles. The maximum atomic E-state index is 6.21. The van der Waals surface area contributed by atoms with E-state index >= 15 is 0 Å². The Labute approximate surface area is 148 Å². The van der Waals surface area contributed by atoms with Crippen LogP contribution >= 0.6 is 28.6 Å². The summed E-state index contributed by atoms with van der Waals surface area (Å²) in [5, 5.41) is 13.4. The highest BCUT2D eigenvalue weighted by atomic mass is 79.9. The fourth-order valence-corrected chi connectivity index (χ4v) is 2.77. The van der Waals surface area contributed by atoms with E-state index in [9.17, 15) is 0 Å². The van der Waals surface area contributed by atoms with Crippen LogP contribution in [0.2, 0.25) is 5.02 Å². The van der Waals surface area contributed by atoms with Crippen molar-refractivity contribution in [2.75, 3.05) is 5.43 Å². The molecule has 7 heteroatoms. The Morgan fingerprint density at radius 3 is 2.61 bits per heavy atom. The van der Waals surface area contributed by atoms with E-state index in [1.165, 1.54) is 0 Å². The third-order valence-electron chi connectivity index (χ3n) is 3.59. The first kappa shape index (κ1) is 15.7. The smallest absolute Gasteiger partial charge is 0.249 e. The van der Waals surface area contributed by atoms with Crippen molar-refractivity contribution in [1.82, 2.24) is 14.8 Å². The minimum absolute atomic E-state index is 0. The van der Waals surface area contributed by atoms with Gasteiger partial charge < -0.3 is 0 Å². The molecule has 116 valence electrons. The predicted octanol–water partition coefficient (Wildman–Crippen LogP) is 3.98. The zero-order valence-electron chi connectivity index (χ0n) is 12.2. The molecule has 0 amide bonds. The minimum atomic E-state index is 0. The lowest BCUT2D eigenvalue weighted by atomic mass is 10.0. The second-order valence-corrected chi connectivity index (χ2v) is 5.44. The van der Waals surface area contributed by atoms with Gasteiger partial charge in [0, 0.05) is 16.1 Å². The number of rotatable bonds is 1. The largest absolute Gasteiger partial charge is 0.264 e. The number of hydrazone groups is 1. The molecule has 0 aliphatic carbocycles. The number of fused-ring (bicyclic) bond motifs is 3. The number of halogens is 2. The molecule has 0 radical (unpaired) electrons. The number of aryl methyl sites for hydroxylation is 1. The molecule has 0 saturated heterocycles. The first-order chi connectivity index (χ1) is 10.7. The number of aromatic nitrogens is 3. The van der Waals surface area contributed by atoms with Crippen LogP contribution in [0.15, 0.2) is 53.6 Å². The summed E-state index contributed by atoms with van der Waals surface area (Å²) in [6.07, 6.45) is 0. The van der Waals surface area contributed by atoms with E-state index in [2.05, 4.69) is 20.7 Å². The molecular formula is C16H13BrClN5. The molecule has 1 N–H and O–H groups in total. The molecule has 1 aliphatic heterocycles. The van der Waals surface area contributed by atoms with Gasteiger partial charge in [0.25, 0.3) is 0 Å². The molecule has 0 unspecified atom stereocenters. The molecule has 23 heavy (non-hydrogen) atoms. The van der Waals surface area contributed by atoms with Gasteiger partial charge in [-0.15, -0.1) is 27.2 Å². The van der Waals surface area contributed by atoms with E-state index in [-0.39, 0.29) is 17.0 Å². The van der Waals surface area contributed by atoms with Gasteiger partial charge in [-0.3, -0.25) is 4.57 Å². The molecular weight excluding hydrogens is 378 g/mol. The average Bonchev–Trinajstić information content (AvgIpc) is 2.82. The molecule has 2 aromatic carbocycles. The number of benzene rings is 2. The van der Waals surface area contributed by atoms with Crippen molar-refractivity contribution in [3.63, 3.8) is 0 Å². The highest BCUT2D eigenvalue weighted by Crippen LogP contribution is 2.28. The van der Waals surface area contributed by atoms with Crippen molar-refractivity contribution in [3.8, 4) is 5.69 Å². The first-order valence-corrected chi connectivity index (χ1v) is 7.23. The zero-order valence-corrected chi connectivity index (χ0v) is 14.7. The fourth-order valence-electron chi connectivity index (χ4n) is 2.60. The van der Waals surface area contributed by atoms with E-state index < -0.39 is 0 Å². The summed E-state index contributed by atoms with van der Waals surface area (Å²) in [4.78, 5) is 0. The normalized spacial score (nSPS) is 12.2. The number of hydrogen-bond donors (Lipinski definition) is 1. The van der Waals surface area contributed by atoms with Crippen LogP contribution in [-0.2, 0) is 0 Å². The number of nitrogens with one attached hydrogen (secondary N) is 1. The Balaban J connectivity index is 0.00000156. The summed E-state index contributed by atoms with van der Waals surface area (Å²) in [6.45, 7) is 1.91. The van der Waals surface area contributed by atoms with Crippen molar-refractivity contribution in [3.05, 3.63) is 70.5 Å². The van der Waals surface area contributed by atoms with Crippen LogP contribution in [0.1, 0.15) is 17.0 Å². The summed E-state index contributed by atoms with van der Waals surface area (Å²) in [6, 6.07) is 15.7. The highest BCUT2D eigenvalue weighted by Gasteiger charge is 2.21. The predicted molar refractivity (Wildman–Crippen MR) is 97.1 cm³/mol. The Bertz CT molecular complexity index is 889. The molecule has 5 nitrogen and oxygen atoms in total. The van der Waals surface area contributed by atoms with E-state index in [0.29, 0.717) is 11.0 Å². The van der Waals surface area contributed by atoms with Gasteiger partial charge in [-0.25, -0.2) is 5.43 Å². The maximum Gasteiger partial charge on any atom is 0.249 e. The molecule has 0 atom stereocenters. The Hall–Kier alpha value is -2.18. The van der Waals surface area contributed by atoms with E-state index in [4.69, 9.17) is 11.6 Å². The monoisotopic (exact) mass is 389 g/mol. The maximum absolute atomic E-state index is 6.21. The number of anilines is 1. The van der Waals surface area contributed by atoms with Gasteiger partial charge in [-0.05, 0) is 25.1 Å². The summed E-state index contributed by atoms with van der Waals surface area (Å²) < 4.78 is 1.94. The summed E-state index contributed by atoms with van der Waals surface area (Å²) in [7, 11) is 0. The molecule has 3 aromatic rings. The van der Waals surface area contributed by atoms with E-state index in [0.717, 1.165) is 28.4 Å². The van der Waals surface area contributed by atoms with Crippen LogP contribution in [0, 0.1) is 6.92 Å². The van der Waals surface area contributed by atoms with Gasteiger partial charge in [0.05, 0.1) is 5.69 Å². The van der Waals surface area contributed by atoms with E-state index in [1.54, 1.807) is 0 Å². The van der Waals surface area contributed by atoms with Crippen molar-refractivity contribution in [2.24, 2.45) is 5.10 Å². The van der Waals surface area contributed by atoms with Gasteiger partial charge in [0.15, 0.2) is 0 Å². The van der Waals surface area contributed by atoms with Crippen LogP contribution in [-0.4, -0.2) is 20.5 Å². The zero-order chi connectivity index (χ0) is 15.1. The summed E-state index contributed by atoms with van der Waals surface area (Å²) in [5.74, 6) is 1.38. The quantitative estimate of drug-likeness (QED) is 0.683. The van der Waals surface area contributed by atoms with Crippen molar-refractivity contribution in [1.29, 1.82) is 0 Å². The van der Waals surface area contributed by atoms with Crippen LogP contribution in [0.5, 0.6) is 0 Å². The van der Waals surface area contributed by atoms with Gasteiger partial charge in [0.1, 0.15) is 11.5 Å². The molecule has 0 saturated carbocycles. The van der Waals surface area contributed by atoms with Gasteiger partial charge in [-0.1, -0.05) is 41.9 Å². The van der Waals surface area contributed by atoms with Gasteiger partial charge in [-0.2, -0.15) is 5.10 Å². The average molecular weight is 391 g/mol. The number of nitrogens with zero attached hydrogens (tertiary/aromatic N) is 4. The standard InChI is InChI=1S/C16H12ClN5.BrH/c1-10-18-20-16-21-19-15(11-5-3-2-4-6-11)13-9-12(17)7-8-14(13)22(10)16;/h2-9H,1H3,(H,20,21);1H. The minimum Gasteiger partial charge on any atom is -0.264 e. The molecule has 0 spiro atoms. The lowest BCUT2D eigenvalue weighted by Gasteiger charge is -2.11. The fraction of sp³-hybridized carbons (Fsp3) is 0.0625. The van der Waals surface area contributed by atoms with Crippen LogP contribution in [0.4, 0.5) is 5.95 Å². The topological polar surface area (TPSA) is 55.1 Å². The lowest BCUT2D eigenvalue weighted by Crippen LogP contribution is -2.07. The Morgan fingerprint density at radius 1 is 1.04 bits per heavy atom. The molecule has 0 bridgehead atoms. The first-order valence-electron chi connectivity index (χ1n) is 6.85. The third kappa shape index (κ3) is 2.64. The van der Waals surface area contributed by atoms with Gasteiger partial charge in [0.2, 0.25) is 5.95 Å². The Morgan fingerprint density at radius 2 is 1.83 bits per heavy atom. The molecule has 0 fully saturated rings. The lowest BCUT2D eigenvalue weighted by molar-refractivity contribution is 0.970. The van der Waals surface area contributed by atoms with Crippen molar-refractivity contribution >= 4 is 40.2 Å². The van der Waals surface area contributed by atoms with Crippen LogP contribution in [0.25, 0.3) is 5.69 Å². The van der Waals surface area contributed by atoms with Crippen LogP contribution in [0.3, 0.4) is 0 Å². The van der Waals surface area contributed by atoms with E-state index in [1.807, 2.05) is 60.0 Å².